The van der Waals surface area contributed by atoms with Gasteiger partial charge in [0.05, 0.1) is 5.57 Å². The fourth-order valence-corrected chi connectivity index (χ4v) is 3.28. The zero-order valence-electron chi connectivity index (χ0n) is 14.0. The van der Waals surface area contributed by atoms with Crippen molar-refractivity contribution >= 4 is 29.2 Å². The number of aryl methyl sites for hydroxylation is 2. The summed E-state index contributed by atoms with van der Waals surface area (Å²) in [4.78, 5) is 26.4. The van der Waals surface area contributed by atoms with E-state index in [1.165, 1.54) is 0 Å². The summed E-state index contributed by atoms with van der Waals surface area (Å²) in [5, 5.41) is 11.8. The van der Waals surface area contributed by atoms with Gasteiger partial charge in [-0.15, -0.1) is 0 Å². The smallest absolute Gasteiger partial charge is 0.303 e. The van der Waals surface area contributed by atoms with Crippen molar-refractivity contribution in [3.63, 3.8) is 0 Å². The molecule has 0 aliphatic carbocycles. The molecule has 0 bridgehead atoms. The minimum Gasteiger partial charge on any atom is -0.481 e. The minimum absolute atomic E-state index is 0.0952. The van der Waals surface area contributed by atoms with E-state index < -0.39 is 5.97 Å². The highest BCUT2D eigenvalue weighted by Crippen LogP contribution is 2.36. The number of nitrogens with one attached hydrogen (secondary N) is 2. The number of carboxylic acid groups (broad SMARTS) is 1. The molecule has 2 aromatic rings. The van der Waals surface area contributed by atoms with Gasteiger partial charge in [0.15, 0.2) is 0 Å². The Morgan fingerprint density at radius 3 is 2.71 bits per heavy atom. The number of amides is 1. The van der Waals surface area contributed by atoms with Crippen LogP contribution in [0.3, 0.4) is 0 Å². The summed E-state index contributed by atoms with van der Waals surface area (Å²) in [6.45, 7) is 5.87. The Labute approximate surface area is 140 Å². The molecule has 1 aromatic carbocycles. The predicted molar refractivity (Wildman–Crippen MR) is 93.9 cm³/mol. The highest BCUT2D eigenvalue weighted by atomic mass is 16.4. The zero-order chi connectivity index (χ0) is 17.4. The molecule has 0 saturated carbocycles. The molecule has 124 valence electrons. The van der Waals surface area contributed by atoms with E-state index in [-0.39, 0.29) is 12.3 Å². The molecule has 3 N–H and O–H groups in total. The maximum atomic E-state index is 12.3. The topological polar surface area (TPSA) is 82.2 Å². The van der Waals surface area contributed by atoms with Gasteiger partial charge in [0, 0.05) is 29.1 Å². The minimum atomic E-state index is -0.811. The van der Waals surface area contributed by atoms with Crippen LogP contribution in [0, 0.1) is 20.8 Å². The fraction of sp³-hybridized carbons (Fsp3) is 0.263. The Morgan fingerprint density at radius 1 is 1.25 bits per heavy atom. The number of H-pyrrole nitrogens is 1. The summed E-state index contributed by atoms with van der Waals surface area (Å²) in [7, 11) is 0. The van der Waals surface area contributed by atoms with E-state index in [2.05, 4.69) is 10.3 Å². The van der Waals surface area contributed by atoms with Gasteiger partial charge >= 0.3 is 5.97 Å². The average Bonchev–Trinajstić information content (AvgIpc) is 2.96. The molecule has 1 aromatic heterocycles. The van der Waals surface area contributed by atoms with E-state index in [4.69, 9.17) is 5.11 Å². The van der Waals surface area contributed by atoms with Crippen LogP contribution in [0.5, 0.6) is 0 Å². The lowest BCUT2D eigenvalue weighted by Crippen LogP contribution is -2.03. The molecule has 1 aliphatic heterocycles. The van der Waals surface area contributed by atoms with Crippen LogP contribution < -0.4 is 5.32 Å². The monoisotopic (exact) mass is 324 g/mol. The summed E-state index contributed by atoms with van der Waals surface area (Å²) in [6.07, 6.45) is 2.44. The van der Waals surface area contributed by atoms with Gasteiger partial charge in [-0.05, 0) is 56.0 Å². The molecule has 0 saturated heterocycles. The maximum absolute atomic E-state index is 12.3. The highest BCUT2D eigenvalue weighted by Gasteiger charge is 2.26. The number of aromatic amines is 1. The molecule has 5 nitrogen and oxygen atoms in total. The van der Waals surface area contributed by atoms with Gasteiger partial charge in [0.25, 0.3) is 5.91 Å². The van der Waals surface area contributed by atoms with Crippen LogP contribution in [-0.4, -0.2) is 22.0 Å². The van der Waals surface area contributed by atoms with Gasteiger partial charge in [-0.3, -0.25) is 9.59 Å². The molecule has 0 fully saturated rings. The van der Waals surface area contributed by atoms with E-state index in [0.29, 0.717) is 12.0 Å². The molecule has 0 atom stereocenters. The van der Waals surface area contributed by atoms with Crippen LogP contribution >= 0.6 is 0 Å². The van der Waals surface area contributed by atoms with Crippen molar-refractivity contribution in [1.29, 1.82) is 0 Å². The highest BCUT2D eigenvalue weighted by molar-refractivity contribution is 6.35. The number of rotatable bonds is 4. The number of benzene rings is 1. The summed E-state index contributed by atoms with van der Waals surface area (Å²) in [6, 6.07) is 5.80. The van der Waals surface area contributed by atoms with Crippen LogP contribution in [0.1, 0.15) is 40.1 Å². The second-order valence-electron chi connectivity index (χ2n) is 6.17. The third-order valence-corrected chi connectivity index (χ3v) is 4.54. The van der Waals surface area contributed by atoms with Crippen LogP contribution in [0.4, 0.5) is 5.69 Å². The molecular weight excluding hydrogens is 304 g/mol. The Kier molecular flexibility index (Phi) is 4.01. The number of carboxylic acids is 1. The van der Waals surface area contributed by atoms with Crippen molar-refractivity contribution in [3.8, 4) is 0 Å². The lowest BCUT2D eigenvalue weighted by atomic mass is 9.99. The Morgan fingerprint density at radius 2 is 2.00 bits per heavy atom. The number of hydrogen-bond donors (Lipinski definition) is 3. The summed E-state index contributed by atoms with van der Waals surface area (Å²) >= 11 is 0. The zero-order valence-corrected chi connectivity index (χ0v) is 14.0. The van der Waals surface area contributed by atoms with Crippen molar-refractivity contribution in [1.82, 2.24) is 4.98 Å². The van der Waals surface area contributed by atoms with Gasteiger partial charge < -0.3 is 15.4 Å². The first-order valence-corrected chi connectivity index (χ1v) is 7.91. The van der Waals surface area contributed by atoms with Crippen molar-refractivity contribution in [2.24, 2.45) is 0 Å². The summed E-state index contributed by atoms with van der Waals surface area (Å²) < 4.78 is 0. The number of carbonyl (C=O) groups is 2. The largest absolute Gasteiger partial charge is 0.481 e. The third kappa shape index (κ3) is 2.73. The van der Waals surface area contributed by atoms with E-state index >= 15 is 0 Å². The van der Waals surface area contributed by atoms with Gasteiger partial charge in [-0.25, -0.2) is 0 Å². The van der Waals surface area contributed by atoms with Crippen LogP contribution in [-0.2, 0) is 16.0 Å². The molecule has 1 aliphatic rings. The molecule has 0 radical (unpaired) electrons. The standard InChI is InChI=1S/C19H20N2O3/c1-10-5-4-6-15-18(10)14(19(24)21-15)9-16-11(2)13(12(3)20-16)7-8-17(22)23/h4-6,9,20H,7-8H2,1-3H3,(H,21,24)(H,22,23). The fourth-order valence-electron chi connectivity index (χ4n) is 3.28. The van der Waals surface area contributed by atoms with E-state index in [9.17, 15) is 9.59 Å². The number of hydrogen-bond acceptors (Lipinski definition) is 2. The number of anilines is 1. The number of aromatic nitrogens is 1. The van der Waals surface area contributed by atoms with E-state index in [0.717, 1.165) is 39.3 Å². The number of carbonyl (C=O) groups excluding carboxylic acids is 1. The molecule has 0 spiro atoms. The van der Waals surface area contributed by atoms with Crippen molar-refractivity contribution in [3.05, 3.63) is 51.8 Å². The third-order valence-electron chi connectivity index (χ3n) is 4.54. The molecule has 24 heavy (non-hydrogen) atoms. The first-order chi connectivity index (χ1) is 11.4. The lowest BCUT2D eigenvalue weighted by molar-refractivity contribution is -0.137. The quantitative estimate of drug-likeness (QED) is 0.753. The first kappa shape index (κ1) is 16.1. The Hall–Kier alpha value is -2.82. The Balaban J connectivity index is 2.03. The normalized spacial score (nSPS) is 14.8. The second kappa shape index (κ2) is 6.00. The SMILES string of the molecule is Cc1cccc2c1C(=Cc1[nH]c(C)c(CCC(=O)O)c1C)C(=O)N2. The van der Waals surface area contributed by atoms with Gasteiger partial charge in [0.1, 0.15) is 0 Å². The molecule has 0 unspecified atom stereocenters. The van der Waals surface area contributed by atoms with Gasteiger partial charge in [-0.2, -0.15) is 0 Å². The van der Waals surface area contributed by atoms with E-state index in [1.54, 1.807) is 0 Å². The molecule has 1 amide bonds. The number of fused-ring (bicyclic) bond motifs is 1. The van der Waals surface area contributed by atoms with Gasteiger partial charge in [0.2, 0.25) is 0 Å². The van der Waals surface area contributed by atoms with Crippen molar-refractivity contribution in [2.45, 2.75) is 33.6 Å². The number of aliphatic carboxylic acids is 1. The molecular formula is C19H20N2O3. The second-order valence-corrected chi connectivity index (χ2v) is 6.17. The van der Waals surface area contributed by atoms with Gasteiger partial charge in [-0.1, -0.05) is 12.1 Å². The Bertz CT molecular complexity index is 875. The van der Waals surface area contributed by atoms with E-state index in [1.807, 2.05) is 45.0 Å². The van der Waals surface area contributed by atoms with Crippen molar-refractivity contribution < 1.29 is 14.7 Å². The van der Waals surface area contributed by atoms with Crippen LogP contribution in [0.15, 0.2) is 18.2 Å². The molecule has 5 heteroatoms. The van der Waals surface area contributed by atoms with Crippen LogP contribution in [0.2, 0.25) is 0 Å². The maximum Gasteiger partial charge on any atom is 0.303 e. The summed E-state index contributed by atoms with van der Waals surface area (Å²) in [5.41, 5.74) is 7.25. The molecule has 3 rings (SSSR count). The molecule has 2 heterocycles. The first-order valence-electron chi connectivity index (χ1n) is 7.91. The predicted octanol–water partition coefficient (Wildman–Crippen LogP) is 3.45. The summed E-state index contributed by atoms with van der Waals surface area (Å²) in [5.74, 6) is -0.923. The van der Waals surface area contributed by atoms with Crippen LogP contribution in [0.25, 0.3) is 11.6 Å². The lowest BCUT2D eigenvalue weighted by Gasteiger charge is -2.03. The average molecular weight is 324 g/mol. The van der Waals surface area contributed by atoms with Crippen molar-refractivity contribution in [2.75, 3.05) is 5.32 Å².